The lowest BCUT2D eigenvalue weighted by Gasteiger charge is -2.40. The van der Waals surface area contributed by atoms with Crippen LogP contribution in [0.25, 0.3) is 0 Å². The van der Waals surface area contributed by atoms with Crippen molar-refractivity contribution in [2.75, 3.05) is 19.7 Å². The minimum atomic E-state index is -0.255. The van der Waals surface area contributed by atoms with Crippen LogP contribution in [0.5, 0.6) is 0 Å². The van der Waals surface area contributed by atoms with Gasteiger partial charge in [0.15, 0.2) is 0 Å². The lowest BCUT2D eigenvalue weighted by atomic mass is 9.89. The van der Waals surface area contributed by atoms with E-state index in [9.17, 15) is 9.59 Å². The summed E-state index contributed by atoms with van der Waals surface area (Å²) in [5, 5.41) is 0. The fourth-order valence-electron chi connectivity index (χ4n) is 3.85. The lowest BCUT2D eigenvalue weighted by Crippen LogP contribution is -2.50. The van der Waals surface area contributed by atoms with Crippen molar-refractivity contribution < 1.29 is 19.1 Å². The van der Waals surface area contributed by atoms with E-state index in [1.165, 1.54) is 0 Å². The molecule has 1 spiro atoms. The summed E-state index contributed by atoms with van der Waals surface area (Å²) in [7, 11) is 0. The molecule has 25 heavy (non-hydrogen) atoms. The Morgan fingerprint density at radius 3 is 3.08 bits per heavy atom. The average Bonchev–Trinajstić information content (AvgIpc) is 3.02. The Bertz CT molecular complexity index is 607. The standard InChI is InChI=1S/C19H26N2O4/c1-2-24-17(22)7-6-16-8-10-19(25-16)9-4-12-21(14-19)18(23)15-5-3-11-20-13-15/h3,5,11,13,16H,2,4,6-10,12,14H2,1H3/t16-,19-/m0/s1. The first kappa shape index (κ1) is 17.9. The van der Waals surface area contributed by atoms with Crippen LogP contribution in [0, 0.1) is 0 Å². The molecular weight excluding hydrogens is 320 g/mol. The summed E-state index contributed by atoms with van der Waals surface area (Å²) in [4.78, 5) is 30.1. The average molecular weight is 346 g/mol. The zero-order valence-electron chi connectivity index (χ0n) is 14.8. The topological polar surface area (TPSA) is 68.7 Å². The molecule has 2 aliphatic heterocycles. The number of carbonyl (C=O) groups excluding carboxylic acids is 2. The van der Waals surface area contributed by atoms with Crippen molar-refractivity contribution >= 4 is 11.9 Å². The molecule has 1 amide bonds. The van der Waals surface area contributed by atoms with Gasteiger partial charge in [-0.25, -0.2) is 0 Å². The van der Waals surface area contributed by atoms with E-state index in [1.54, 1.807) is 24.5 Å². The van der Waals surface area contributed by atoms with Gasteiger partial charge >= 0.3 is 5.97 Å². The summed E-state index contributed by atoms with van der Waals surface area (Å²) in [6.45, 7) is 3.61. The zero-order valence-corrected chi connectivity index (χ0v) is 14.8. The van der Waals surface area contributed by atoms with Crippen LogP contribution in [-0.4, -0.2) is 53.2 Å². The smallest absolute Gasteiger partial charge is 0.305 e. The van der Waals surface area contributed by atoms with E-state index in [2.05, 4.69) is 4.98 Å². The molecule has 6 nitrogen and oxygen atoms in total. The van der Waals surface area contributed by atoms with Crippen molar-refractivity contribution in [3.8, 4) is 0 Å². The van der Waals surface area contributed by atoms with Gasteiger partial charge in [-0.1, -0.05) is 0 Å². The number of piperidine rings is 1. The van der Waals surface area contributed by atoms with Gasteiger partial charge in [-0.3, -0.25) is 14.6 Å². The van der Waals surface area contributed by atoms with Gasteiger partial charge in [0.1, 0.15) is 0 Å². The highest BCUT2D eigenvalue weighted by Crippen LogP contribution is 2.39. The monoisotopic (exact) mass is 346 g/mol. The van der Waals surface area contributed by atoms with E-state index in [0.29, 0.717) is 31.6 Å². The normalized spacial score (nSPS) is 26.0. The Hall–Kier alpha value is -1.95. The number of carbonyl (C=O) groups is 2. The first-order valence-electron chi connectivity index (χ1n) is 9.15. The predicted molar refractivity (Wildman–Crippen MR) is 92.1 cm³/mol. The fourth-order valence-corrected chi connectivity index (χ4v) is 3.85. The van der Waals surface area contributed by atoms with Crippen molar-refractivity contribution in [3.05, 3.63) is 30.1 Å². The number of hydrogen-bond donors (Lipinski definition) is 0. The van der Waals surface area contributed by atoms with Gasteiger partial charge in [-0.2, -0.15) is 0 Å². The van der Waals surface area contributed by atoms with Crippen molar-refractivity contribution in [3.63, 3.8) is 0 Å². The maximum absolute atomic E-state index is 12.7. The van der Waals surface area contributed by atoms with Crippen LogP contribution in [0.3, 0.4) is 0 Å². The lowest BCUT2D eigenvalue weighted by molar-refractivity contribution is -0.144. The minimum Gasteiger partial charge on any atom is -0.466 e. The van der Waals surface area contributed by atoms with Crippen LogP contribution in [0.1, 0.15) is 55.8 Å². The van der Waals surface area contributed by atoms with Crippen LogP contribution >= 0.6 is 0 Å². The van der Waals surface area contributed by atoms with Gasteiger partial charge in [-0.05, 0) is 51.2 Å². The number of amides is 1. The molecule has 1 aromatic rings. The quantitative estimate of drug-likeness (QED) is 0.767. The minimum absolute atomic E-state index is 0.0192. The molecule has 136 valence electrons. The molecule has 0 saturated carbocycles. The van der Waals surface area contributed by atoms with Crippen molar-refractivity contribution in [1.82, 2.24) is 9.88 Å². The number of ether oxygens (including phenoxy) is 2. The molecule has 2 aliphatic rings. The van der Waals surface area contributed by atoms with Crippen molar-refractivity contribution in [2.45, 2.75) is 57.2 Å². The second-order valence-corrected chi connectivity index (χ2v) is 6.88. The van der Waals surface area contributed by atoms with Crippen LogP contribution in [0.2, 0.25) is 0 Å². The molecule has 0 bridgehead atoms. The van der Waals surface area contributed by atoms with E-state index < -0.39 is 0 Å². The first-order valence-corrected chi connectivity index (χ1v) is 9.15. The van der Waals surface area contributed by atoms with Crippen molar-refractivity contribution in [1.29, 1.82) is 0 Å². The Balaban J connectivity index is 1.56. The largest absolute Gasteiger partial charge is 0.466 e. The van der Waals surface area contributed by atoms with Crippen LogP contribution < -0.4 is 0 Å². The SMILES string of the molecule is CCOC(=O)CC[C@H]1CC[C@]2(CCCN(C(=O)c3cccnc3)C2)O1. The molecule has 2 atom stereocenters. The van der Waals surface area contributed by atoms with E-state index >= 15 is 0 Å². The Morgan fingerprint density at radius 1 is 1.44 bits per heavy atom. The number of nitrogens with zero attached hydrogens (tertiary/aromatic N) is 2. The summed E-state index contributed by atoms with van der Waals surface area (Å²) in [5.74, 6) is -0.144. The third-order valence-electron chi connectivity index (χ3n) is 5.05. The van der Waals surface area contributed by atoms with E-state index in [-0.39, 0.29) is 23.6 Å². The first-order chi connectivity index (χ1) is 12.1. The number of esters is 1. The highest BCUT2D eigenvalue weighted by molar-refractivity contribution is 5.94. The molecule has 0 aromatic carbocycles. The summed E-state index contributed by atoms with van der Waals surface area (Å²) in [6, 6.07) is 3.58. The summed E-state index contributed by atoms with van der Waals surface area (Å²) in [6.07, 6.45) is 8.24. The maximum atomic E-state index is 12.7. The second kappa shape index (κ2) is 7.95. The molecule has 1 aromatic heterocycles. The molecule has 0 unspecified atom stereocenters. The predicted octanol–water partition coefficient (Wildman–Crippen LogP) is 2.58. The fraction of sp³-hybridized carbons (Fsp3) is 0.632. The van der Waals surface area contributed by atoms with Crippen LogP contribution in [0.4, 0.5) is 0 Å². The summed E-state index contributed by atoms with van der Waals surface area (Å²) < 4.78 is 11.3. The number of rotatable bonds is 5. The number of pyridine rings is 1. The van der Waals surface area contributed by atoms with Gasteiger partial charge < -0.3 is 14.4 Å². The van der Waals surface area contributed by atoms with Gasteiger partial charge in [-0.15, -0.1) is 0 Å². The van der Waals surface area contributed by atoms with E-state index in [4.69, 9.17) is 9.47 Å². The molecule has 2 saturated heterocycles. The molecule has 3 rings (SSSR count). The Labute approximate surface area is 148 Å². The Kier molecular flexibility index (Phi) is 5.68. The van der Waals surface area contributed by atoms with Gasteiger partial charge in [0.2, 0.25) is 0 Å². The molecular formula is C19H26N2O4. The molecule has 0 aliphatic carbocycles. The van der Waals surface area contributed by atoms with Gasteiger partial charge in [0.05, 0.1) is 23.9 Å². The highest BCUT2D eigenvalue weighted by Gasteiger charge is 2.44. The second-order valence-electron chi connectivity index (χ2n) is 6.88. The van der Waals surface area contributed by atoms with E-state index in [1.807, 2.05) is 11.8 Å². The molecule has 0 radical (unpaired) electrons. The third-order valence-corrected chi connectivity index (χ3v) is 5.05. The third kappa shape index (κ3) is 4.37. The summed E-state index contributed by atoms with van der Waals surface area (Å²) >= 11 is 0. The number of hydrogen-bond acceptors (Lipinski definition) is 5. The molecule has 6 heteroatoms. The van der Waals surface area contributed by atoms with Crippen molar-refractivity contribution in [2.24, 2.45) is 0 Å². The van der Waals surface area contributed by atoms with Gasteiger partial charge in [0.25, 0.3) is 5.91 Å². The molecule has 0 N–H and O–H groups in total. The Morgan fingerprint density at radius 2 is 2.32 bits per heavy atom. The van der Waals surface area contributed by atoms with Gasteiger partial charge in [0, 0.05) is 31.9 Å². The van der Waals surface area contributed by atoms with E-state index in [0.717, 1.165) is 32.2 Å². The van der Waals surface area contributed by atoms with Crippen LogP contribution in [0.15, 0.2) is 24.5 Å². The number of aromatic nitrogens is 1. The highest BCUT2D eigenvalue weighted by atomic mass is 16.5. The zero-order chi connectivity index (χ0) is 17.7. The van der Waals surface area contributed by atoms with Crippen LogP contribution in [-0.2, 0) is 14.3 Å². The summed E-state index contributed by atoms with van der Waals surface area (Å²) in [5.41, 5.74) is 0.367. The number of likely N-dealkylation sites (tertiary alicyclic amines) is 1. The molecule has 2 fully saturated rings. The molecule has 3 heterocycles. The maximum Gasteiger partial charge on any atom is 0.305 e.